The molecule has 2 aromatic rings. The van der Waals surface area contributed by atoms with Gasteiger partial charge in [0.25, 0.3) is 0 Å². The Labute approximate surface area is 82.0 Å². The highest BCUT2D eigenvalue weighted by atomic mass is 15.1. The minimum Gasteiger partial charge on any atom is -0.345 e. The Morgan fingerprint density at radius 1 is 1.36 bits per heavy atom. The summed E-state index contributed by atoms with van der Waals surface area (Å²) in [6.45, 7) is 3.52. The zero-order chi connectivity index (χ0) is 9.80. The number of rotatable bonds is 4. The van der Waals surface area contributed by atoms with E-state index in [4.69, 9.17) is 0 Å². The molecule has 0 spiro atoms. The Bertz CT molecular complexity index is 376. The highest BCUT2D eigenvalue weighted by Crippen LogP contribution is 1.96. The molecule has 2 heterocycles. The Balaban J connectivity index is 1.78. The van der Waals surface area contributed by atoms with Gasteiger partial charge in [0.05, 0.1) is 0 Å². The second-order valence-corrected chi connectivity index (χ2v) is 3.18. The highest BCUT2D eigenvalue weighted by Gasteiger charge is 1.96. The summed E-state index contributed by atoms with van der Waals surface area (Å²) in [7, 11) is 0. The van der Waals surface area contributed by atoms with E-state index < -0.39 is 0 Å². The van der Waals surface area contributed by atoms with Gasteiger partial charge in [-0.2, -0.15) is 5.10 Å². The maximum absolute atomic E-state index is 4.12. The van der Waals surface area contributed by atoms with Gasteiger partial charge in [0.2, 0.25) is 0 Å². The fourth-order valence-corrected chi connectivity index (χ4v) is 1.28. The molecule has 0 saturated carbocycles. The van der Waals surface area contributed by atoms with Gasteiger partial charge in [-0.25, -0.2) is 4.98 Å². The van der Waals surface area contributed by atoms with Gasteiger partial charge in [-0.05, 0) is 13.0 Å². The fourth-order valence-electron chi connectivity index (χ4n) is 1.28. The predicted molar refractivity (Wildman–Crippen MR) is 52.5 cm³/mol. The van der Waals surface area contributed by atoms with Gasteiger partial charge >= 0.3 is 0 Å². The molecule has 5 heteroatoms. The normalized spacial score (nSPS) is 10.6. The zero-order valence-electron chi connectivity index (χ0n) is 8.04. The molecule has 0 aromatic carbocycles. The van der Waals surface area contributed by atoms with Crippen molar-refractivity contribution in [3.05, 3.63) is 35.7 Å². The summed E-state index contributed by atoms with van der Waals surface area (Å²) in [5.74, 6) is 0.948. The summed E-state index contributed by atoms with van der Waals surface area (Å²) >= 11 is 0. The minimum absolute atomic E-state index is 0.790. The lowest BCUT2D eigenvalue weighted by Crippen LogP contribution is -2.13. The molecule has 5 nitrogen and oxygen atoms in total. The summed E-state index contributed by atoms with van der Waals surface area (Å²) in [6.07, 6.45) is 3.59. The highest BCUT2D eigenvalue weighted by molar-refractivity contribution is 5.01. The lowest BCUT2D eigenvalue weighted by atomic mass is 10.4. The van der Waals surface area contributed by atoms with E-state index in [9.17, 15) is 0 Å². The smallest absolute Gasteiger partial charge is 0.103 e. The van der Waals surface area contributed by atoms with Crippen LogP contribution in [0.4, 0.5) is 0 Å². The Morgan fingerprint density at radius 3 is 2.86 bits per heavy atom. The first-order chi connectivity index (χ1) is 6.84. The van der Waals surface area contributed by atoms with Gasteiger partial charge < -0.3 is 10.3 Å². The molecule has 3 N–H and O–H groups in total. The third-order valence-corrected chi connectivity index (χ3v) is 1.94. The first-order valence-electron chi connectivity index (χ1n) is 4.54. The van der Waals surface area contributed by atoms with Crippen LogP contribution in [0.25, 0.3) is 0 Å². The van der Waals surface area contributed by atoms with Crippen molar-refractivity contribution < 1.29 is 0 Å². The summed E-state index contributed by atoms with van der Waals surface area (Å²) in [5, 5.41) is 10.0. The van der Waals surface area contributed by atoms with Crippen molar-refractivity contribution in [3.63, 3.8) is 0 Å². The molecular weight excluding hydrogens is 178 g/mol. The average molecular weight is 191 g/mol. The summed E-state index contributed by atoms with van der Waals surface area (Å²) in [5.41, 5.74) is 2.18. The minimum atomic E-state index is 0.790. The van der Waals surface area contributed by atoms with Crippen LogP contribution in [0.5, 0.6) is 0 Å². The van der Waals surface area contributed by atoms with E-state index in [1.54, 1.807) is 6.20 Å². The van der Waals surface area contributed by atoms with Gasteiger partial charge in [-0.15, -0.1) is 0 Å². The van der Waals surface area contributed by atoms with Crippen LogP contribution in [0.15, 0.2) is 18.5 Å². The standard InChI is InChI=1S/C9H13N5/c1-7-11-6-9(13-7)5-10-4-8-2-3-12-14-8/h2-3,6,10H,4-5H2,1H3,(H,11,13)(H,12,14). The molecule has 0 fully saturated rings. The molecule has 0 aliphatic heterocycles. The maximum Gasteiger partial charge on any atom is 0.103 e. The number of nitrogens with one attached hydrogen (secondary N) is 3. The molecule has 2 rings (SSSR count). The summed E-state index contributed by atoms with van der Waals surface area (Å²) in [4.78, 5) is 7.27. The second kappa shape index (κ2) is 4.06. The Kier molecular flexibility index (Phi) is 2.60. The van der Waals surface area contributed by atoms with Crippen molar-refractivity contribution in [1.82, 2.24) is 25.5 Å². The van der Waals surface area contributed by atoms with Crippen LogP contribution >= 0.6 is 0 Å². The number of hydrogen-bond acceptors (Lipinski definition) is 3. The van der Waals surface area contributed by atoms with Gasteiger partial charge in [-0.1, -0.05) is 0 Å². The number of nitrogens with zero attached hydrogens (tertiary/aromatic N) is 2. The first kappa shape index (κ1) is 8.96. The lowest BCUT2D eigenvalue weighted by Gasteiger charge is -1.99. The first-order valence-corrected chi connectivity index (χ1v) is 4.54. The van der Waals surface area contributed by atoms with Crippen LogP contribution in [0, 0.1) is 6.92 Å². The van der Waals surface area contributed by atoms with E-state index in [1.807, 2.05) is 19.2 Å². The van der Waals surface area contributed by atoms with Gasteiger partial charge in [0.1, 0.15) is 5.82 Å². The van der Waals surface area contributed by atoms with Crippen molar-refractivity contribution in [1.29, 1.82) is 0 Å². The van der Waals surface area contributed by atoms with Crippen LogP contribution in [-0.2, 0) is 13.1 Å². The predicted octanol–water partition coefficient (Wildman–Crippen LogP) is 0.731. The number of H-pyrrole nitrogens is 2. The third kappa shape index (κ3) is 2.20. The van der Waals surface area contributed by atoms with Crippen molar-refractivity contribution in [3.8, 4) is 0 Å². The Hall–Kier alpha value is -1.62. The number of aryl methyl sites for hydroxylation is 1. The number of aromatic amines is 2. The van der Waals surface area contributed by atoms with Crippen LogP contribution < -0.4 is 5.32 Å². The van der Waals surface area contributed by atoms with Crippen LogP contribution in [-0.4, -0.2) is 20.2 Å². The molecule has 0 aliphatic rings. The van der Waals surface area contributed by atoms with Crippen LogP contribution in [0.2, 0.25) is 0 Å². The van der Waals surface area contributed by atoms with E-state index in [1.165, 1.54) is 0 Å². The topological polar surface area (TPSA) is 69.4 Å². The van der Waals surface area contributed by atoms with Gasteiger partial charge in [0, 0.05) is 36.9 Å². The fraction of sp³-hybridized carbons (Fsp3) is 0.333. The molecular formula is C9H13N5. The number of imidazole rings is 1. The molecule has 14 heavy (non-hydrogen) atoms. The van der Waals surface area contributed by atoms with E-state index in [0.29, 0.717) is 0 Å². The van der Waals surface area contributed by atoms with E-state index >= 15 is 0 Å². The van der Waals surface area contributed by atoms with Gasteiger partial charge in [-0.3, -0.25) is 5.10 Å². The maximum atomic E-state index is 4.12. The zero-order valence-corrected chi connectivity index (χ0v) is 8.04. The summed E-state index contributed by atoms with van der Waals surface area (Å²) < 4.78 is 0. The molecule has 0 atom stereocenters. The Morgan fingerprint density at radius 2 is 2.21 bits per heavy atom. The SMILES string of the molecule is Cc1ncc(CNCc2ccn[nH]2)[nH]1. The van der Waals surface area contributed by atoms with Crippen molar-refractivity contribution >= 4 is 0 Å². The molecule has 0 saturated heterocycles. The van der Waals surface area contributed by atoms with Gasteiger partial charge in [0.15, 0.2) is 0 Å². The average Bonchev–Trinajstić information content (AvgIpc) is 2.77. The lowest BCUT2D eigenvalue weighted by molar-refractivity contribution is 0.667. The molecule has 0 aliphatic carbocycles. The molecule has 74 valence electrons. The molecule has 2 aromatic heterocycles. The number of aromatic nitrogens is 4. The summed E-state index contributed by atoms with van der Waals surface area (Å²) in [6, 6.07) is 1.95. The quantitative estimate of drug-likeness (QED) is 0.667. The van der Waals surface area contributed by atoms with Crippen LogP contribution in [0.1, 0.15) is 17.2 Å². The van der Waals surface area contributed by atoms with E-state index in [-0.39, 0.29) is 0 Å². The second-order valence-electron chi connectivity index (χ2n) is 3.18. The largest absolute Gasteiger partial charge is 0.345 e. The molecule has 0 bridgehead atoms. The molecule has 0 radical (unpaired) electrons. The van der Waals surface area contributed by atoms with Crippen molar-refractivity contribution in [2.75, 3.05) is 0 Å². The van der Waals surface area contributed by atoms with Crippen molar-refractivity contribution in [2.45, 2.75) is 20.0 Å². The van der Waals surface area contributed by atoms with Crippen molar-refractivity contribution in [2.24, 2.45) is 0 Å². The molecule has 0 amide bonds. The van der Waals surface area contributed by atoms with E-state index in [0.717, 1.165) is 30.3 Å². The van der Waals surface area contributed by atoms with E-state index in [2.05, 4.69) is 25.5 Å². The van der Waals surface area contributed by atoms with Crippen LogP contribution in [0.3, 0.4) is 0 Å². The third-order valence-electron chi connectivity index (χ3n) is 1.94. The number of hydrogen-bond donors (Lipinski definition) is 3. The molecule has 0 unspecified atom stereocenters. The monoisotopic (exact) mass is 191 g/mol.